The maximum absolute atomic E-state index is 13.8. The molecule has 0 aromatic heterocycles. The molecule has 0 aliphatic heterocycles. The van der Waals surface area contributed by atoms with Crippen LogP contribution in [-0.2, 0) is 0 Å². The van der Waals surface area contributed by atoms with Crippen molar-refractivity contribution in [2.45, 2.75) is 18.8 Å². The number of hydrogen-bond acceptors (Lipinski definition) is 1. The van der Waals surface area contributed by atoms with Crippen LogP contribution >= 0.6 is 0 Å². The van der Waals surface area contributed by atoms with E-state index >= 15 is 0 Å². The number of rotatable bonds is 3. The highest BCUT2D eigenvalue weighted by Crippen LogP contribution is 2.37. The number of halogens is 7. The largest absolute Gasteiger partial charge is 0.494 e. The van der Waals surface area contributed by atoms with Gasteiger partial charge in [0.15, 0.2) is 35.0 Å². The van der Waals surface area contributed by atoms with Crippen LogP contribution in [0.5, 0.6) is 5.75 Å². The van der Waals surface area contributed by atoms with E-state index in [1.165, 1.54) is 0 Å². The summed E-state index contributed by atoms with van der Waals surface area (Å²) in [7, 11) is 1.24. The lowest BCUT2D eigenvalue weighted by Crippen LogP contribution is -2.36. The molecule has 2 rings (SSSR count). The van der Waals surface area contributed by atoms with E-state index in [9.17, 15) is 30.7 Å². The zero-order valence-corrected chi connectivity index (χ0v) is 11.9. The molecular weight excluding hydrogens is 328 g/mol. The second-order valence-electron chi connectivity index (χ2n) is 5.01. The van der Waals surface area contributed by atoms with Crippen molar-refractivity contribution in [1.29, 1.82) is 0 Å². The summed E-state index contributed by atoms with van der Waals surface area (Å²) in [6.07, 6.45) is -2.69. The van der Waals surface area contributed by atoms with Crippen molar-refractivity contribution in [1.82, 2.24) is 0 Å². The molecule has 1 aliphatic carbocycles. The van der Waals surface area contributed by atoms with Crippen LogP contribution in [0.2, 0.25) is 0 Å². The fourth-order valence-corrected chi connectivity index (χ4v) is 2.11. The highest BCUT2D eigenvalue weighted by molar-refractivity contribution is 6.63. The van der Waals surface area contributed by atoms with Crippen molar-refractivity contribution in [2.24, 2.45) is 0 Å². The SMILES string of the molecule is COc1c(F)cc(F)c(F)c1[B]C1=C(F)C(F)C(C)(F)C=C1F. The zero-order chi connectivity index (χ0) is 17.5. The molecule has 0 spiro atoms. The number of ether oxygens (including phenoxy) is 1. The second-order valence-corrected chi connectivity index (χ2v) is 5.01. The molecule has 2 atom stereocenters. The number of hydrogen-bond donors (Lipinski definition) is 0. The molecule has 0 fully saturated rings. The molecule has 1 aromatic rings. The molecule has 1 aliphatic rings. The zero-order valence-electron chi connectivity index (χ0n) is 11.9. The lowest BCUT2D eigenvalue weighted by molar-refractivity contribution is 0.114. The molecule has 23 heavy (non-hydrogen) atoms. The summed E-state index contributed by atoms with van der Waals surface area (Å²) < 4.78 is 100.0. The molecule has 1 aromatic carbocycles. The van der Waals surface area contributed by atoms with Crippen LogP contribution in [0.1, 0.15) is 6.92 Å². The molecule has 1 radical (unpaired) electrons. The molecule has 0 saturated heterocycles. The molecule has 0 amide bonds. The maximum Gasteiger partial charge on any atom is 0.208 e. The van der Waals surface area contributed by atoms with Crippen LogP contribution in [0.3, 0.4) is 0 Å². The molecule has 0 bridgehead atoms. The fraction of sp³-hybridized carbons (Fsp3) is 0.286. The minimum Gasteiger partial charge on any atom is -0.494 e. The predicted octanol–water partition coefficient (Wildman–Crippen LogP) is 3.56. The number of benzene rings is 1. The van der Waals surface area contributed by atoms with Gasteiger partial charge in [-0.1, -0.05) is 0 Å². The highest BCUT2D eigenvalue weighted by Gasteiger charge is 2.43. The van der Waals surface area contributed by atoms with Gasteiger partial charge in [0.1, 0.15) is 11.7 Å². The number of allylic oxidation sites excluding steroid dienone is 4. The maximum atomic E-state index is 13.8. The van der Waals surface area contributed by atoms with Gasteiger partial charge >= 0.3 is 0 Å². The Bertz CT molecular complexity index is 712. The highest BCUT2D eigenvalue weighted by atomic mass is 19.2. The van der Waals surface area contributed by atoms with E-state index in [0.29, 0.717) is 14.2 Å². The summed E-state index contributed by atoms with van der Waals surface area (Å²) in [5.74, 6) is -8.84. The van der Waals surface area contributed by atoms with E-state index < -0.39 is 57.6 Å². The Hall–Kier alpha value is -1.93. The molecule has 2 unspecified atom stereocenters. The van der Waals surface area contributed by atoms with E-state index in [1.54, 1.807) is 0 Å². The van der Waals surface area contributed by atoms with Gasteiger partial charge in [0.2, 0.25) is 7.28 Å². The summed E-state index contributed by atoms with van der Waals surface area (Å²) in [4.78, 5) is 0. The van der Waals surface area contributed by atoms with Gasteiger partial charge < -0.3 is 4.74 Å². The summed E-state index contributed by atoms with van der Waals surface area (Å²) >= 11 is 0. The molecule has 1 nitrogen and oxygen atoms in total. The third-order valence-electron chi connectivity index (χ3n) is 3.30. The van der Waals surface area contributed by atoms with E-state index in [0.717, 1.165) is 7.11 Å². The smallest absolute Gasteiger partial charge is 0.208 e. The molecule has 123 valence electrons. The fourth-order valence-electron chi connectivity index (χ4n) is 2.11. The van der Waals surface area contributed by atoms with E-state index in [-0.39, 0.29) is 12.1 Å². The minimum atomic E-state index is -2.94. The first-order valence-corrected chi connectivity index (χ1v) is 6.27. The van der Waals surface area contributed by atoms with Gasteiger partial charge in [-0.3, -0.25) is 0 Å². The van der Waals surface area contributed by atoms with Crippen LogP contribution in [-0.4, -0.2) is 26.2 Å². The third kappa shape index (κ3) is 2.96. The van der Waals surface area contributed by atoms with E-state index in [4.69, 9.17) is 0 Å². The van der Waals surface area contributed by atoms with Gasteiger partial charge in [-0.25, -0.2) is 30.7 Å². The van der Waals surface area contributed by atoms with Crippen LogP contribution in [0.15, 0.2) is 29.3 Å². The first kappa shape index (κ1) is 17.4. The minimum absolute atomic E-state index is 0.159. The Morgan fingerprint density at radius 1 is 1.13 bits per heavy atom. The third-order valence-corrected chi connectivity index (χ3v) is 3.30. The summed E-state index contributed by atoms with van der Waals surface area (Å²) in [6.45, 7) is 0.608. The summed E-state index contributed by atoms with van der Waals surface area (Å²) in [5, 5.41) is 0. The second kappa shape index (κ2) is 5.94. The van der Waals surface area contributed by atoms with E-state index in [1.807, 2.05) is 0 Å². The topological polar surface area (TPSA) is 9.23 Å². The van der Waals surface area contributed by atoms with Gasteiger partial charge in [0.05, 0.1) is 7.11 Å². The van der Waals surface area contributed by atoms with Crippen LogP contribution in [0, 0.1) is 17.5 Å². The molecular formula is C14H9BF7O. The van der Waals surface area contributed by atoms with Crippen molar-refractivity contribution in [2.75, 3.05) is 7.11 Å². The standard InChI is InChI=1S/C14H9BF7O/c1-14(22)4-7(18)8(11(20)13(14)21)15-9-10(19)5(16)3-6(17)12(9)23-2/h3-4,13H,1-2H3. The van der Waals surface area contributed by atoms with E-state index in [2.05, 4.69) is 4.74 Å². The molecule has 9 heteroatoms. The van der Waals surface area contributed by atoms with Crippen molar-refractivity contribution < 1.29 is 35.5 Å². The Morgan fingerprint density at radius 3 is 2.30 bits per heavy atom. The van der Waals surface area contributed by atoms with Crippen LogP contribution < -0.4 is 10.2 Å². The van der Waals surface area contributed by atoms with Gasteiger partial charge in [0.25, 0.3) is 0 Å². The normalized spacial score (nSPS) is 24.6. The first-order valence-electron chi connectivity index (χ1n) is 6.27. The average Bonchev–Trinajstić information content (AvgIpc) is 2.46. The van der Waals surface area contributed by atoms with Crippen LogP contribution in [0.4, 0.5) is 30.7 Å². The monoisotopic (exact) mass is 337 g/mol. The van der Waals surface area contributed by atoms with Gasteiger partial charge in [0, 0.05) is 11.5 Å². The summed E-state index contributed by atoms with van der Waals surface area (Å²) in [6, 6.07) is 0.180. The molecule has 0 saturated carbocycles. The number of alkyl halides is 2. The molecule has 0 heterocycles. The van der Waals surface area contributed by atoms with Crippen molar-refractivity contribution in [3.8, 4) is 5.75 Å². The summed E-state index contributed by atoms with van der Waals surface area (Å²) in [5.41, 5.74) is -5.07. The first-order chi connectivity index (χ1) is 10.6. The average molecular weight is 337 g/mol. The van der Waals surface area contributed by atoms with Gasteiger partial charge in [-0.05, 0) is 18.5 Å². The molecule has 0 N–H and O–H groups in total. The number of methoxy groups -OCH3 is 1. The Kier molecular flexibility index (Phi) is 4.50. The van der Waals surface area contributed by atoms with Crippen molar-refractivity contribution >= 4 is 12.7 Å². The lowest BCUT2D eigenvalue weighted by Gasteiger charge is -2.26. The Morgan fingerprint density at radius 2 is 1.74 bits per heavy atom. The van der Waals surface area contributed by atoms with Gasteiger partial charge in [-0.15, -0.1) is 0 Å². The quantitative estimate of drug-likeness (QED) is 0.466. The Labute approximate surface area is 127 Å². The van der Waals surface area contributed by atoms with Crippen molar-refractivity contribution in [3.63, 3.8) is 0 Å². The van der Waals surface area contributed by atoms with Crippen molar-refractivity contribution in [3.05, 3.63) is 46.7 Å². The Balaban J connectivity index is 2.56. The predicted molar refractivity (Wildman–Crippen MR) is 70.0 cm³/mol. The van der Waals surface area contributed by atoms with Gasteiger partial charge in [-0.2, -0.15) is 0 Å². The lowest BCUT2D eigenvalue weighted by atomic mass is 9.60. The van der Waals surface area contributed by atoms with Crippen LogP contribution in [0.25, 0.3) is 0 Å².